The fourth-order valence-corrected chi connectivity index (χ4v) is 2.90. The zero-order valence-corrected chi connectivity index (χ0v) is 14.0. The highest BCUT2D eigenvalue weighted by Gasteiger charge is 2.26. The lowest BCUT2D eigenvalue weighted by Crippen LogP contribution is -2.50. The first kappa shape index (κ1) is 16.3. The van der Waals surface area contributed by atoms with Crippen LogP contribution in [0.3, 0.4) is 0 Å². The number of carbonyl (C=O) groups is 2. The molecule has 3 aromatic heterocycles. The average molecular weight is 355 g/mol. The lowest BCUT2D eigenvalue weighted by atomic mass is 10.2. The van der Waals surface area contributed by atoms with E-state index in [9.17, 15) is 9.59 Å². The van der Waals surface area contributed by atoms with Crippen molar-refractivity contribution in [2.75, 3.05) is 32.7 Å². The number of piperazine rings is 1. The van der Waals surface area contributed by atoms with Crippen LogP contribution in [0.2, 0.25) is 0 Å². The summed E-state index contributed by atoms with van der Waals surface area (Å²) >= 11 is 0. The maximum absolute atomic E-state index is 12.6. The third-order valence-electron chi connectivity index (χ3n) is 4.32. The normalized spacial score (nSPS) is 15.3. The molecule has 1 amide bonds. The number of aromatic nitrogens is 1. The molecule has 0 aromatic carbocycles. The van der Waals surface area contributed by atoms with Gasteiger partial charge in [-0.1, -0.05) is 5.16 Å². The van der Waals surface area contributed by atoms with Gasteiger partial charge in [0.15, 0.2) is 17.2 Å². The number of nitrogens with zero attached hydrogens (tertiary/aromatic N) is 3. The predicted octanol–water partition coefficient (Wildman–Crippen LogP) is 2.17. The number of Topliss-reactive ketones (excluding diaryl/α,β-unsaturated/α-hetero) is 1. The van der Waals surface area contributed by atoms with Crippen molar-refractivity contribution in [1.29, 1.82) is 0 Å². The van der Waals surface area contributed by atoms with Gasteiger partial charge in [-0.3, -0.25) is 14.5 Å². The van der Waals surface area contributed by atoms with E-state index in [0.29, 0.717) is 43.5 Å². The van der Waals surface area contributed by atoms with Crippen LogP contribution < -0.4 is 0 Å². The lowest BCUT2D eigenvalue weighted by Gasteiger charge is -2.33. The molecule has 4 heterocycles. The Labute approximate surface area is 148 Å². The fraction of sp³-hybridized carbons (Fsp3) is 0.278. The minimum absolute atomic E-state index is 0.0608. The Morgan fingerprint density at radius 2 is 1.77 bits per heavy atom. The van der Waals surface area contributed by atoms with E-state index in [1.807, 2.05) is 4.90 Å². The van der Waals surface area contributed by atoms with Gasteiger partial charge in [-0.05, 0) is 24.3 Å². The van der Waals surface area contributed by atoms with Gasteiger partial charge in [0.1, 0.15) is 0 Å². The van der Waals surface area contributed by atoms with E-state index in [0.717, 1.165) is 0 Å². The van der Waals surface area contributed by atoms with Crippen LogP contribution in [0.4, 0.5) is 0 Å². The Morgan fingerprint density at radius 1 is 1.00 bits per heavy atom. The number of hydrogen-bond acceptors (Lipinski definition) is 7. The highest BCUT2D eigenvalue weighted by molar-refractivity contribution is 5.95. The molecule has 1 aliphatic rings. The average Bonchev–Trinajstić information content (AvgIpc) is 3.43. The SMILES string of the molecule is O=C(CN1CCN(C(=O)c2cc(-c3ccco3)on2)CC1)c1ccco1. The molecule has 0 bridgehead atoms. The van der Waals surface area contributed by atoms with Gasteiger partial charge in [-0.2, -0.15) is 0 Å². The summed E-state index contributed by atoms with van der Waals surface area (Å²) in [7, 11) is 0. The van der Waals surface area contributed by atoms with Gasteiger partial charge >= 0.3 is 0 Å². The largest absolute Gasteiger partial charge is 0.461 e. The molecule has 1 aliphatic heterocycles. The van der Waals surface area contributed by atoms with E-state index in [2.05, 4.69) is 5.16 Å². The first-order valence-corrected chi connectivity index (χ1v) is 8.29. The van der Waals surface area contributed by atoms with Gasteiger partial charge in [0.05, 0.1) is 19.1 Å². The molecule has 3 aromatic rings. The molecule has 0 aliphatic carbocycles. The van der Waals surface area contributed by atoms with Gasteiger partial charge < -0.3 is 18.3 Å². The zero-order chi connectivity index (χ0) is 17.9. The van der Waals surface area contributed by atoms with Crippen LogP contribution in [0.5, 0.6) is 0 Å². The second-order valence-corrected chi connectivity index (χ2v) is 6.02. The van der Waals surface area contributed by atoms with E-state index in [4.69, 9.17) is 13.4 Å². The van der Waals surface area contributed by atoms with Crippen molar-refractivity contribution < 1.29 is 22.9 Å². The van der Waals surface area contributed by atoms with E-state index < -0.39 is 0 Å². The summed E-state index contributed by atoms with van der Waals surface area (Å²) in [6.45, 7) is 2.55. The molecule has 26 heavy (non-hydrogen) atoms. The minimum atomic E-state index is -0.191. The molecule has 0 N–H and O–H groups in total. The summed E-state index contributed by atoms with van der Waals surface area (Å²) in [5.74, 6) is 1.05. The lowest BCUT2D eigenvalue weighted by molar-refractivity contribution is 0.0611. The van der Waals surface area contributed by atoms with Gasteiger partial charge in [0, 0.05) is 32.2 Å². The molecule has 4 rings (SSSR count). The molecule has 8 nitrogen and oxygen atoms in total. The van der Waals surface area contributed by atoms with Gasteiger partial charge in [0.2, 0.25) is 11.5 Å². The molecule has 0 saturated carbocycles. The summed E-state index contributed by atoms with van der Waals surface area (Å²) in [6.07, 6.45) is 3.02. The smallest absolute Gasteiger partial charge is 0.276 e. The topological polar surface area (TPSA) is 92.9 Å². The molecule has 134 valence electrons. The van der Waals surface area contributed by atoms with Crippen LogP contribution in [0, 0.1) is 0 Å². The van der Waals surface area contributed by atoms with Gasteiger partial charge in [0.25, 0.3) is 5.91 Å². The summed E-state index contributed by atoms with van der Waals surface area (Å²) in [6, 6.07) is 8.40. The van der Waals surface area contributed by atoms with Crippen LogP contribution >= 0.6 is 0 Å². The van der Waals surface area contributed by atoms with Crippen LogP contribution in [0.1, 0.15) is 21.0 Å². The van der Waals surface area contributed by atoms with Gasteiger partial charge in [-0.25, -0.2) is 0 Å². The monoisotopic (exact) mass is 355 g/mol. The van der Waals surface area contributed by atoms with E-state index in [1.165, 1.54) is 12.5 Å². The van der Waals surface area contributed by atoms with Crippen LogP contribution in [-0.2, 0) is 0 Å². The number of ketones is 1. The molecular formula is C18H17N3O5. The van der Waals surface area contributed by atoms with E-state index in [1.54, 1.807) is 35.2 Å². The Bertz CT molecular complexity index is 874. The van der Waals surface area contributed by atoms with E-state index in [-0.39, 0.29) is 23.9 Å². The Kier molecular flexibility index (Phi) is 4.40. The Morgan fingerprint density at radius 3 is 2.46 bits per heavy atom. The highest BCUT2D eigenvalue weighted by atomic mass is 16.5. The summed E-state index contributed by atoms with van der Waals surface area (Å²) in [4.78, 5) is 28.4. The van der Waals surface area contributed by atoms with Crippen LogP contribution in [0.25, 0.3) is 11.5 Å². The maximum Gasteiger partial charge on any atom is 0.276 e. The molecule has 8 heteroatoms. The van der Waals surface area contributed by atoms with Crippen molar-refractivity contribution in [3.8, 4) is 11.5 Å². The molecule has 0 atom stereocenters. The number of hydrogen-bond donors (Lipinski definition) is 0. The standard InChI is InChI=1S/C18H17N3O5/c22-14(15-3-1-9-24-15)12-20-5-7-21(8-6-20)18(23)13-11-17(26-19-13)16-4-2-10-25-16/h1-4,9-11H,5-8,12H2. The quantitative estimate of drug-likeness (QED) is 0.648. The second kappa shape index (κ2) is 7.01. The second-order valence-electron chi connectivity index (χ2n) is 6.02. The number of carbonyl (C=O) groups excluding carboxylic acids is 2. The number of furan rings is 2. The summed E-state index contributed by atoms with van der Waals surface area (Å²) in [5.41, 5.74) is 0.247. The van der Waals surface area contributed by atoms with Crippen LogP contribution in [0.15, 0.2) is 56.2 Å². The molecule has 0 unspecified atom stereocenters. The summed E-state index contributed by atoms with van der Waals surface area (Å²) in [5, 5.41) is 3.84. The molecular weight excluding hydrogens is 338 g/mol. The third-order valence-corrected chi connectivity index (χ3v) is 4.32. The minimum Gasteiger partial charge on any atom is -0.461 e. The van der Waals surface area contributed by atoms with Gasteiger partial charge in [-0.15, -0.1) is 0 Å². The number of amides is 1. The molecule has 0 radical (unpaired) electrons. The van der Waals surface area contributed by atoms with Crippen LogP contribution in [-0.4, -0.2) is 59.4 Å². The van der Waals surface area contributed by atoms with Crippen molar-refractivity contribution in [3.63, 3.8) is 0 Å². The Balaban J connectivity index is 1.33. The third kappa shape index (κ3) is 3.31. The Hall–Kier alpha value is -3.13. The molecule has 1 saturated heterocycles. The van der Waals surface area contributed by atoms with Crippen molar-refractivity contribution in [1.82, 2.24) is 15.0 Å². The number of rotatable bonds is 5. The highest BCUT2D eigenvalue weighted by Crippen LogP contribution is 2.21. The van der Waals surface area contributed by atoms with Crippen molar-refractivity contribution >= 4 is 11.7 Å². The first-order valence-electron chi connectivity index (χ1n) is 8.29. The van der Waals surface area contributed by atoms with Crippen molar-refractivity contribution in [2.45, 2.75) is 0 Å². The summed E-state index contributed by atoms with van der Waals surface area (Å²) < 4.78 is 15.5. The predicted molar refractivity (Wildman–Crippen MR) is 89.6 cm³/mol. The maximum atomic E-state index is 12.6. The van der Waals surface area contributed by atoms with Crippen molar-refractivity contribution in [3.05, 3.63) is 54.3 Å². The fourth-order valence-electron chi connectivity index (χ4n) is 2.90. The molecule has 1 fully saturated rings. The van der Waals surface area contributed by atoms with Crippen molar-refractivity contribution in [2.24, 2.45) is 0 Å². The first-order chi connectivity index (χ1) is 12.7. The van der Waals surface area contributed by atoms with E-state index >= 15 is 0 Å². The molecule has 0 spiro atoms. The zero-order valence-electron chi connectivity index (χ0n) is 14.0.